The van der Waals surface area contributed by atoms with E-state index in [1.807, 2.05) is 33.3 Å². The average molecular weight is 1120 g/mol. The van der Waals surface area contributed by atoms with E-state index in [0.717, 1.165) is 83.5 Å². The minimum absolute atomic E-state index is 0.0245. The first kappa shape index (κ1) is 75.7. The van der Waals surface area contributed by atoms with Crippen LogP contribution in [0, 0.1) is 0 Å². The zero-order valence-corrected chi connectivity index (χ0v) is 53.0. The van der Waals surface area contributed by atoms with E-state index in [1.165, 1.54) is 193 Å². The first-order valence-electron chi connectivity index (χ1n) is 33.1. The van der Waals surface area contributed by atoms with Crippen molar-refractivity contribution in [1.29, 1.82) is 0 Å². The van der Waals surface area contributed by atoms with E-state index in [-0.39, 0.29) is 24.9 Å². The van der Waals surface area contributed by atoms with Crippen LogP contribution in [0.1, 0.15) is 310 Å². The lowest BCUT2D eigenvalue weighted by molar-refractivity contribution is -0.870. The number of esters is 1. The predicted molar refractivity (Wildman–Crippen MR) is 335 cm³/mol. The minimum atomic E-state index is -4.70. The Morgan fingerprint density at radius 3 is 1.21 bits per heavy atom. The number of phosphoric acid groups is 1. The normalized spacial score (nSPS) is 14.0. The van der Waals surface area contributed by atoms with Gasteiger partial charge in [-0.25, -0.2) is 0 Å². The molecule has 10 heteroatoms. The molecular weight excluding hydrogens is 988 g/mol. The quantitative estimate of drug-likeness (QED) is 0.0212. The van der Waals surface area contributed by atoms with Gasteiger partial charge in [-0.15, -0.1) is 0 Å². The molecule has 0 aliphatic rings. The number of allylic oxidation sites excluding steroid dienone is 9. The molecule has 0 bridgehead atoms. The molecule has 0 aliphatic heterocycles. The van der Waals surface area contributed by atoms with Crippen LogP contribution in [0.5, 0.6) is 0 Å². The number of amides is 1. The maximum atomic E-state index is 13.6. The van der Waals surface area contributed by atoms with Crippen molar-refractivity contribution in [2.75, 3.05) is 40.9 Å². The zero-order valence-electron chi connectivity index (χ0n) is 52.1. The highest BCUT2D eigenvalue weighted by atomic mass is 31.2. The van der Waals surface area contributed by atoms with Crippen LogP contribution in [0.4, 0.5) is 0 Å². The fraction of sp³-hybridized carbons (Fsp3) is 0.824. The summed E-state index contributed by atoms with van der Waals surface area (Å²) in [4.78, 5) is 40.1. The Morgan fingerprint density at radius 1 is 0.449 bits per heavy atom. The third-order valence-electron chi connectivity index (χ3n) is 14.7. The van der Waals surface area contributed by atoms with Gasteiger partial charge < -0.3 is 28.5 Å². The molecule has 0 rings (SSSR count). The largest absolute Gasteiger partial charge is 0.756 e. The maximum absolute atomic E-state index is 13.6. The summed E-state index contributed by atoms with van der Waals surface area (Å²) in [5, 5.41) is 3.04. The number of likely N-dealkylation sites (N-methyl/N-ethyl adjacent to an activating group) is 1. The summed E-state index contributed by atoms with van der Waals surface area (Å²) in [5.41, 5.74) is 0. The smallest absolute Gasteiger partial charge is 0.306 e. The van der Waals surface area contributed by atoms with Crippen LogP contribution in [-0.4, -0.2) is 69.4 Å². The number of carbonyl (C=O) groups excluding carboxylic acids is 2. The van der Waals surface area contributed by atoms with Gasteiger partial charge in [-0.05, 0) is 96.0 Å². The van der Waals surface area contributed by atoms with Crippen LogP contribution in [-0.2, 0) is 27.9 Å². The number of quaternary nitrogens is 1. The van der Waals surface area contributed by atoms with Gasteiger partial charge in [0.1, 0.15) is 19.3 Å². The number of hydrogen-bond acceptors (Lipinski definition) is 7. The van der Waals surface area contributed by atoms with Gasteiger partial charge in [0.25, 0.3) is 7.82 Å². The molecule has 0 aromatic rings. The number of unbranched alkanes of at least 4 members (excludes halogenated alkanes) is 36. The minimum Gasteiger partial charge on any atom is -0.756 e. The standard InChI is InChI=1S/C68H127N2O7P/c1-7-10-13-16-19-22-25-28-30-32-34-35-37-39-41-43-46-49-52-55-58-61-68(72)77-66(59-56-53-50-47-44-27-24-21-18-15-12-9-3)65(64-76-78(73,74)75-63-62-70(4,5)6)69-67(71)60-57-54-51-48-45-42-40-38-36-33-31-29-26-23-20-17-14-11-8-2/h19,22,28-31,34-35,56,59,65-66H,7-18,20-21,23-27,32-33,36-55,57-58,60-64H2,1-6H3,(H-,69,71,73,74)/b22-19-,30-28-,31-29+,35-34-,59-56+. The Kier molecular flexibility index (Phi) is 56.2. The van der Waals surface area contributed by atoms with E-state index in [2.05, 4.69) is 74.7 Å². The topological polar surface area (TPSA) is 114 Å². The lowest BCUT2D eigenvalue weighted by Gasteiger charge is -2.30. The highest BCUT2D eigenvalue weighted by Crippen LogP contribution is 2.38. The molecule has 3 unspecified atom stereocenters. The molecule has 1 amide bonds. The fourth-order valence-corrected chi connectivity index (χ4v) is 10.2. The second kappa shape index (κ2) is 57.9. The number of phosphoric ester groups is 1. The summed E-state index contributed by atoms with van der Waals surface area (Å²) in [6.45, 7) is 6.83. The molecule has 0 heterocycles. The van der Waals surface area contributed by atoms with E-state index >= 15 is 0 Å². The Balaban J connectivity index is 5.19. The van der Waals surface area contributed by atoms with Crippen molar-refractivity contribution in [2.45, 2.75) is 322 Å². The molecule has 0 aromatic heterocycles. The van der Waals surface area contributed by atoms with E-state index in [4.69, 9.17) is 13.8 Å². The monoisotopic (exact) mass is 1110 g/mol. The van der Waals surface area contributed by atoms with Crippen LogP contribution in [0.2, 0.25) is 0 Å². The third kappa shape index (κ3) is 58.4. The molecule has 0 saturated heterocycles. The summed E-state index contributed by atoms with van der Waals surface area (Å²) in [6, 6.07) is -0.893. The second-order valence-electron chi connectivity index (χ2n) is 23.6. The van der Waals surface area contributed by atoms with Gasteiger partial charge in [0.15, 0.2) is 0 Å². The summed E-state index contributed by atoms with van der Waals surface area (Å²) < 4.78 is 30.4. The van der Waals surface area contributed by atoms with Crippen molar-refractivity contribution in [3.63, 3.8) is 0 Å². The van der Waals surface area contributed by atoms with Gasteiger partial charge in [0.2, 0.25) is 5.91 Å². The van der Waals surface area contributed by atoms with Crippen LogP contribution < -0.4 is 10.2 Å². The molecule has 456 valence electrons. The zero-order chi connectivity index (χ0) is 57.2. The fourth-order valence-electron chi connectivity index (χ4n) is 9.52. The van der Waals surface area contributed by atoms with Gasteiger partial charge in [0.05, 0.1) is 33.8 Å². The van der Waals surface area contributed by atoms with E-state index in [9.17, 15) is 19.0 Å². The highest BCUT2D eigenvalue weighted by Gasteiger charge is 2.27. The summed E-state index contributed by atoms with van der Waals surface area (Å²) in [7, 11) is 1.18. The van der Waals surface area contributed by atoms with Crippen molar-refractivity contribution in [3.8, 4) is 0 Å². The lowest BCUT2D eigenvalue weighted by atomic mass is 10.0. The molecule has 0 fully saturated rings. The van der Waals surface area contributed by atoms with Gasteiger partial charge in [-0.2, -0.15) is 0 Å². The van der Waals surface area contributed by atoms with Crippen LogP contribution in [0.3, 0.4) is 0 Å². The number of hydrogen-bond donors (Lipinski definition) is 1. The molecule has 3 atom stereocenters. The van der Waals surface area contributed by atoms with Gasteiger partial charge in [0, 0.05) is 12.8 Å². The molecule has 0 aliphatic carbocycles. The van der Waals surface area contributed by atoms with Gasteiger partial charge >= 0.3 is 5.97 Å². The molecule has 9 nitrogen and oxygen atoms in total. The number of ether oxygens (including phenoxy) is 1. The van der Waals surface area contributed by atoms with E-state index in [1.54, 1.807) is 0 Å². The van der Waals surface area contributed by atoms with Crippen LogP contribution in [0.25, 0.3) is 0 Å². The highest BCUT2D eigenvalue weighted by molar-refractivity contribution is 7.45. The Morgan fingerprint density at radius 2 is 0.782 bits per heavy atom. The maximum Gasteiger partial charge on any atom is 0.306 e. The number of carbonyl (C=O) groups is 2. The van der Waals surface area contributed by atoms with Gasteiger partial charge in [-0.3, -0.25) is 14.2 Å². The van der Waals surface area contributed by atoms with Crippen molar-refractivity contribution in [3.05, 3.63) is 60.8 Å². The first-order chi connectivity index (χ1) is 37.9. The molecule has 0 spiro atoms. The molecule has 0 aromatic carbocycles. The van der Waals surface area contributed by atoms with Crippen LogP contribution in [0.15, 0.2) is 60.8 Å². The predicted octanol–water partition coefficient (Wildman–Crippen LogP) is 20.0. The number of nitrogens with one attached hydrogen (secondary N) is 1. The number of nitrogens with zero attached hydrogens (tertiary/aromatic N) is 1. The molecule has 0 radical (unpaired) electrons. The summed E-state index contributed by atoms with van der Waals surface area (Å²) >= 11 is 0. The summed E-state index contributed by atoms with van der Waals surface area (Å²) in [5.74, 6) is -0.544. The Labute approximate surface area is 483 Å². The van der Waals surface area contributed by atoms with Crippen molar-refractivity contribution < 1.29 is 37.3 Å². The lowest BCUT2D eigenvalue weighted by Crippen LogP contribution is -2.47. The van der Waals surface area contributed by atoms with Gasteiger partial charge in [-0.1, -0.05) is 262 Å². The van der Waals surface area contributed by atoms with Crippen molar-refractivity contribution in [2.24, 2.45) is 0 Å². The second-order valence-corrected chi connectivity index (χ2v) is 25.0. The van der Waals surface area contributed by atoms with Crippen molar-refractivity contribution >= 4 is 19.7 Å². The Bertz CT molecular complexity index is 1520. The molecule has 0 saturated carbocycles. The van der Waals surface area contributed by atoms with E-state index in [0.29, 0.717) is 17.4 Å². The van der Waals surface area contributed by atoms with Crippen LogP contribution >= 0.6 is 7.82 Å². The van der Waals surface area contributed by atoms with Crippen molar-refractivity contribution in [1.82, 2.24) is 5.32 Å². The third-order valence-corrected chi connectivity index (χ3v) is 15.6. The molecular formula is C68H127N2O7P. The number of rotatable bonds is 60. The average Bonchev–Trinajstić information content (AvgIpc) is 3.40. The SMILES string of the molecule is CCCCC/C=C\C/C=C\C/C=C\CCCCCCCCCCC(=O)OC(/C=C/CCCCCCCCCCCC)C(COP(=O)([O-])OCC[N+](C)(C)C)NC(=O)CCCCCCCCCCC/C=C/CCCCCCCC. The first-order valence-corrected chi connectivity index (χ1v) is 34.6. The molecule has 1 N–H and O–H groups in total. The Hall–Kier alpha value is -2.29. The summed E-state index contributed by atoms with van der Waals surface area (Å²) in [6.07, 6.45) is 73.2. The molecule has 78 heavy (non-hydrogen) atoms. The van der Waals surface area contributed by atoms with E-state index < -0.39 is 26.6 Å².